The minimum Gasteiger partial charge on any atom is -0.462 e. The predicted octanol–water partition coefficient (Wildman–Crippen LogP) is 14.5. The smallest absolute Gasteiger partial charge is 0.462 e. The van der Waals surface area contributed by atoms with E-state index in [9.17, 15) is 19.0 Å². The van der Waals surface area contributed by atoms with Crippen molar-refractivity contribution < 1.29 is 42.1 Å². The highest BCUT2D eigenvalue weighted by Crippen LogP contribution is 2.43. The van der Waals surface area contributed by atoms with Gasteiger partial charge in [-0.25, -0.2) is 4.57 Å². The molecule has 350 valence electrons. The summed E-state index contributed by atoms with van der Waals surface area (Å²) in [6.45, 7) is 4.38. The number of quaternary nitrogens is 1. The lowest BCUT2D eigenvalue weighted by Gasteiger charge is -2.24. The number of carbonyl (C=O) groups is 2. The first-order valence-electron chi connectivity index (χ1n) is 24.9. The first-order chi connectivity index (χ1) is 28.5. The van der Waals surface area contributed by atoms with Gasteiger partial charge in [-0.05, 0) is 38.5 Å². The summed E-state index contributed by atoms with van der Waals surface area (Å²) in [6, 6.07) is 0. The minimum absolute atomic E-state index is 0.0351. The lowest BCUT2D eigenvalue weighted by molar-refractivity contribution is -0.870. The van der Waals surface area contributed by atoms with E-state index in [1.165, 1.54) is 167 Å². The molecule has 0 aromatic rings. The summed E-state index contributed by atoms with van der Waals surface area (Å²) >= 11 is 0. The standard InChI is InChI=1S/C49H96NO8P/c1-6-8-10-12-14-15-16-17-18-19-20-21-22-23-24-25-26-27-28-29-30-31-32-33-34-35-36-38-40-42-49(52)58-47(45-55-48(51)41-39-37-13-11-9-7-2)46-57-59(53,54)56-44-43-50(3,4)5/h19-20,47H,6-18,21-46H2,1-5H3/p+1/b20-19-. The van der Waals surface area contributed by atoms with Crippen LogP contribution in [0.15, 0.2) is 12.2 Å². The van der Waals surface area contributed by atoms with Crippen molar-refractivity contribution in [2.75, 3.05) is 47.5 Å². The number of rotatable bonds is 46. The Balaban J connectivity index is 3.92. The molecule has 0 aliphatic heterocycles. The number of nitrogens with zero attached hydrogens (tertiary/aromatic N) is 1. The van der Waals surface area contributed by atoms with E-state index < -0.39 is 26.5 Å². The van der Waals surface area contributed by atoms with Crippen LogP contribution in [0, 0.1) is 0 Å². The van der Waals surface area contributed by atoms with E-state index in [4.69, 9.17) is 18.5 Å². The second-order valence-electron chi connectivity index (χ2n) is 18.2. The fourth-order valence-electron chi connectivity index (χ4n) is 7.13. The third-order valence-electron chi connectivity index (χ3n) is 11.0. The van der Waals surface area contributed by atoms with Crippen LogP contribution in [0.4, 0.5) is 0 Å². The fourth-order valence-corrected chi connectivity index (χ4v) is 7.87. The topological polar surface area (TPSA) is 108 Å². The van der Waals surface area contributed by atoms with Gasteiger partial charge in [-0.1, -0.05) is 199 Å². The maximum Gasteiger partial charge on any atom is 0.472 e. The average molecular weight is 859 g/mol. The number of unbranched alkanes of at least 4 members (excludes halogenated alkanes) is 30. The molecule has 0 aromatic heterocycles. The van der Waals surface area contributed by atoms with Gasteiger partial charge in [0.2, 0.25) is 0 Å². The van der Waals surface area contributed by atoms with Crippen molar-refractivity contribution >= 4 is 19.8 Å². The lowest BCUT2D eigenvalue weighted by Crippen LogP contribution is -2.37. The molecule has 0 aliphatic rings. The van der Waals surface area contributed by atoms with Gasteiger partial charge in [-0.15, -0.1) is 0 Å². The Morgan fingerprint density at radius 2 is 0.864 bits per heavy atom. The van der Waals surface area contributed by atoms with Crippen LogP contribution < -0.4 is 0 Å². The summed E-state index contributed by atoms with van der Waals surface area (Å²) in [7, 11) is 1.49. The SMILES string of the molecule is CCCCCCCCCC/C=C\CCCCCCCCCCCCCCCCCCCC(=O)OC(COC(=O)CCCCCCCC)COP(=O)(O)OCC[N+](C)(C)C. The average Bonchev–Trinajstić information content (AvgIpc) is 3.19. The van der Waals surface area contributed by atoms with Crippen LogP contribution in [-0.4, -0.2) is 74.9 Å². The van der Waals surface area contributed by atoms with Gasteiger partial charge in [0.15, 0.2) is 6.10 Å². The summed E-state index contributed by atoms with van der Waals surface area (Å²) in [6.07, 6.45) is 46.1. The van der Waals surface area contributed by atoms with Gasteiger partial charge in [0, 0.05) is 12.8 Å². The van der Waals surface area contributed by atoms with Crippen molar-refractivity contribution in [1.82, 2.24) is 0 Å². The normalized spacial score (nSPS) is 13.5. The van der Waals surface area contributed by atoms with Gasteiger partial charge in [-0.2, -0.15) is 0 Å². The molecule has 10 heteroatoms. The van der Waals surface area contributed by atoms with Crippen molar-refractivity contribution in [2.45, 2.75) is 245 Å². The molecule has 0 spiro atoms. The van der Waals surface area contributed by atoms with E-state index in [0.29, 0.717) is 23.9 Å². The van der Waals surface area contributed by atoms with E-state index in [2.05, 4.69) is 26.0 Å². The molecule has 0 fully saturated rings. The van der Waals surface area contributed by atoms with Crippen molar-refractivity contribution in [1.29, 1.82) is 0 Å². The number of ether oxygens (including phenoxy) is 2. The molecule has 0 saturated heterocycles. The Kier molecular flexibility index (Phi) is 41.2. The molecule has 0 heterocycles. The quantitative estimate of drug-likeness (QED) is 0.0212. The van der Waals surface area contributed by atoms with Crippen LogP contribution in [0.3, 0.4) is 0 Å². The van der Waals surface area contributed by atoms with Crippen molar-refractivity contribution in [2.24, 2.45) is 0 Å². The highest BCUT2D eigenvalue weighted by atomic mass is 31.2. The highest BCUT2D eigenvalue weighted by Gasteiger charge is 2.27. The summed E-state index contributed by atoms with van der Waals surface area (Å²) in [5.41, 5.74) is 0. The molecule has 0 rings (SSSR count). The van der Waals surface area contributed by atoms with E-state index in [1.807, 2.05) is 21.1 Å². The second kappa shape index (κ2) is 42.1. The van der Waals surface area contributed by atoms with Gasteiger partial charge in [-0.3, -0.25) is 18.6 Å². The number of hydrogen-bond acceptors (Lipinski definition) is 7. The third kappa shape index (κ3) is 46.1. The minimum atomic E-state index is -4.36. The van der Waals surface area contributed by atoms with Crippen molar-refractivity contribution in [3.8, 4) is 0 Å². The van der Waals surface area contributed by atoms with Crippen LogP contribution in [0.25, 0.3) is 0 Å². The Hall–Kier alpha value is -1.25. The first-order valence-corrected chi connectivity index (χ1v) is 26.4. The number of hydrogen-bond donors (Lipinski definition) is 1. The zero-order chi connectivity index (χ0) is 43.6. The molecule has 2 unspecified atom stereocenters. The Bertz CT molecular complexity index is 1020. The molecular formula is C49H97NO8P+. The molecule has 9 nitrogen and oxygen atoms in total. The number of esters is 2. The summed E-state index contributed by atoms with van der Waals surface area (Å²) < 4.78 is 34.2. The van der Waals surface area contributed by atoms with Gasteiger partial charge >= 0.3 is 19.8 Å². The molecule has 0 amide bonds. The van der Waals surface area contributed by atoms with E-state index in [0.717, 1.165) is 38.5 Å². The summed E-state index contributed by atoms with van der Waals surface area (Å²) in [4.78, 5) is 35.2. The summed E-state index contributed by atoms with van der Waals surface area (Å²) in [5, 5.41) is 0. The van der Waals surface area contributed by atoms with Gasteiger partial charge in [0.25, 0.3) is 0 Å². The van der Waals surface area contributed by atoms with Crippen LogP contribution in [0.2, 0.25) is 0 Å². The molecule has 59 heavy (non-hydrogen) atoms. The number of phosphoric ester groups is 1. The Labute approximate surface area is 365 Å². The largest absolute Gasteiger partial charge is 0.472 e. The molecular weight excluding hydrogens is 762 g/mol. The van der Waals surface area contributed by atoms with Crippen LogP contribution >= 0.6 is 7.82 Å². The van der Waals surface area contributed by atoms with Crippen LogP contribution in [-0.2, 0) is 32.7 Å². The molecule has 2 atom stereocenters. The Morgan fingerprint density at radius 1 is 0.508 bits per heavy atom. The van der Waals surface area contributed by atoms with Crippen molar-refractivity contribution in [3.63, 3.8) is 0 Å². The number of phosphoric acid groups is 1. The first kappa shape index (κ1) is 57.8. The van der Waals surface area contributed by atoms with Gasteiger partial charge in [0.1, 0.15) is 19.8 Å². The summed E-state index contributed by atoms with van der Waals surface area (Å²) in [5.74, 6) is -0.797. The molecule has 0 aliphatic carbocycles. The zero-order valence-corrected chi connectivity index (χ0v) is 40.4. The maximum atomic E-state index is 12.7. The van der Waals surface area contributed by atoms with Gasteiger partial charge in [0.05, 0.1) is 27.7 Å². The fraction of sp³-hybridized carbons (Fsp3) is 0.918. The van der Waals surface area contributed by atoms with Gasteiger partial charge < -0.3 is 18.9 Å². The second-order valence-corrected chi connectivity index (χ2v) is 19.7. The van der Waals surface area contributed by atoms with E-state index >= 15 is 0 Å². The predicted molar refractivity (Wildman–Crippen MR) is 248 cm³/mol. The zero-order valence-electron chi connectivity index (χ0n) is 39.5. The molecule has 0 aromatic carbocycles. The van der Waals surface area contributed by atoms with Crippen molar-refractivity contribution in [3.05, 3.63) is 12.2 Å². The lowest BCUT2D eigenvalue weighted by atomic mass is 10.0. The molecule has 1 N–H and O–H groups in total. The monoisotopic (exact) mass is 859 g/mol. The molecule has 0 saturated carbocycles. The highest BCUT2D eigenvalue weighted by molar-refractivity contribution is 7.47. The van der Waals surface area contributed by atoms with E-state index in [-0.39, 0.29) is 25.6 Å². The maximum absolute atomic E-state index is 12.7. The van der Waals surface area contributed by atoms with Crippen LogP contribution in [0.5, 0.6) is 0 Å². The number of carbonyl (C=O) groups excluding carboxylic acids is 2. The number of allylic oxidation sites excluding steroid dienone is 2. The third-order valence-corrected chi connectivity index (χ3v) is 12.0. The Morgan fingerprint density at radius 3 is 1.25 bits per heavy atom. The molecule has 0 radical (unpaired) electrons. The number of likely N-dealkylation sites (N-methyl/N-ethyl adjacent to an activating group) is 1. The van der Waals surface area contributed by atoms with Crippen LogP contribution in [0.1, 0.15) is 239 Å². The molecule has 0 bridgehead atoms. The van der Waals surface area contributed by atoms with E-state index in [1.54, 1.807) is 0 Å².